The standard InChI is InChI=1S/C13H15BrN4O2/c1-8-17-13(20-18-8)12-9(2-3-19-12)5-16-11-4-10(14)6-15-7-11/h4,6-7,9,12,16H,2-3,5H2,1H3/t9-,12-/m0/s1. The van der Waals surface area contributed by atoms with Gasteiger partial charge in [-0.3, -0.25) is 4.98 Å². The molecule has 1 N–H and O–H groups in total. The molecule has 106 valence electrons. The molecule has 2 aromatic heterocycles. The third-order valence-electron chi connectivity index (χ3n) is 3.27. The predicted octanol–water partition coefficient (Wildman–Crippen LogP) is 2.73. The molecule has 0 aliphatic carbocycles. The summed E-state index contributed by atoms with van der Waals surface area (Å²) < 4.78 is 11.9. The zero-order valence-corrected chi connectivity index (χ0v) is 12.6. The maximum absolute atomic E-state index is 5.72. The largest absolute Gasteiger partial charge is 0.383 e. The second-order valence-corrected chi connectivity index (χ2v) is 5.71. The Morgan fingerprint density at radius 3 is 3.10 bits per heavy atom. The van der Waals surface area contributed by atoms with Crippen LogP contribution in [0.15, 0.2) is 27.5 Å². The Bertz CT molecular complexity index is 589. The van der Waals surface area contributed by atoms with Crippen molar-refractivity contribution in [2.24, 2.45) is 5.92 Å². The first-order valence-corrected chi connectivity index (χ1v) is 7.28. The van der Waals surface area contributed by atoms with Crippen molar-refractivity contribution in [3.05, 3.63) is 34.6 Å². The summed E-state index contributed by atoms with van der Waals surface area (Å²) in [6.45, 7) is 3.31. The molecule has 3 heterocycles. The van der Waals surface area contributed by atoms with Crippen molar-refractivity contribution in [2.75, 3.05) is 18.5 Å². The molecule has 0 bridgehead atoms. The molecule has 6 nitrogen and oxygen atoms in total. The summed E-state index contributed by atoms with van der Waals surface area (Å²) in [5, 5.41) is 7.19. The van der Waals surface area contributed by atoms with Crippen LogP contribution >= 0.6 is 15.9 Å². The molecule has 0 aromatic carbocycles. The van der Waals surface area contributed by atoms with E-state index in [1.165, 1.54) is 0 Å². The summed E-state index contributed by atoms with van der Waals surface area (Å²) >= 11 is 3.41. The molecule has 0 amide bonds. The first-order valence-electron chi connectivity index (χ1n) is 6.48. The second-order valence-electron chi connectivity index (χ2n) is 4.79. The van der Waals surface area contributed by atoms with Gasteiger partial charge < -0.3 is 14.6 Å². The number of anilines is 1. The molecule has 1 fully saturated rings. The Kier molecular flexibility index (Phi) is 3.98. The van der Waals surface area contributed by atoms with Crippen LogP contribution in [0.5, 0.6) is 0 Å². The van der Waals surface area contributed by atoms with Gasteiger partial charge in [-0.05, 0) is 35.3 Å². The van der Waals surface area contributed by atoms with Gasteiger partial charge in [0.05, 0.1) is 11.9 Å². The van der Waals surface area contributed by atoms with Gasteiger partial charge >= 0.3 is 0 Å². The topological polar surface area (TPSA) is 73.1 Å². The van der Waals surface area contributed by atoms with E-state index in [-0.39, 0.29) is 6.10 Å². The molecule has 0 saturated carbocycles. The number of nitrogens with zero attached hydrogens (tertiary/aromatic N) is 3. The Morgan fingerprint density at radius 2 is 2.35 bits per heavy atom. The van der Waals surface area contributed by atoms with Crippen LogP contribution < -0.4 is 5.32 Å². The summed E-state index contributed by atoms with van der Waals surface area (Å²) in [4.78, 5) is 8.39. The van der Waals surface area contributed by atoms with Crippen LogP contribution in [0.1, 0.15) is 24.2 Å². The normalized spacial score (nSPS) is 22.1. The van der Waals surface area contributed by atoms with Gasteiger partial charge in [-0.1, -0.05) is 5.16 Å². The number of pyridine rings is 1. The predicted molar refractivity (Wildman–Crippen MR) is 76.3 cm³/mol. The molecule has 20 heavy (non-hydrogen) atoms. The Balaban J connectivity index is 1.64. The van der Waals surface area contributed by atoms with Gasteiger partial charge in [0.1, 0.15) is 6.10 Å². The third kappa shape index (κ3) is 2.99. The highest BCUT2D eigenvalue weighted by Gasteiger charge is 2.33. The summed E-state index contributed by atoms with van der Waals surface area (Å²) in [7, 11) is 0. The number of rotatable bonds is 4. The van der Waals surface area contributed by atoms with Crippen LogP contribution in [0.2, 0.25) is 0 Å². The van der Waals surface area contributed by atoms with Gasteiger partial charge in [-0.15, -0.1) is 0 Å². The Labute approximate surface area is 125 Å². The van der Waals surface area contributed by atoms with E-state index in [9.17, 15) is 0 Å². The monoisotopic (exact) mass is 338 g/mol. The van der Waals surface area contributed by atoms with Gasteiger partial charge in [0.2, 0.25) is 0 Å². The fourth-order valence-corrected chi connectivity index (χ4v) is 2.67. The SMILES string of the molecule is Cc1noc([C@H]2OCC[C@H]2CNc2cncc(Br)c2)n1. The number of hydrogen-bond donors (Lipinski definition) is 1. The highest BCUT2D eigenvalue weighted by Crippen LogP contribution is 2.33. The average Bonchev–Trinajstić information content (AvgIpc) is 3.04. The lowest BCUT2D eigenvalue weighted by Crippen LogP contribution is -2.18. The summed E-state index contributed by atoms with van der Waals surface area (Å²) in [6, 6.07) is 1.99. The number of ether oxygens (including phenoxy) is 1. The highest BCUT2D eigenvalue weighted by atomic mass is 79.9. The maximum Gasteiger partial charge on any atom is 0.256 e. The van der Waals surface area contributed by atoms with Gasteiger partial charge in [-0.25, -0.2) is 0 Å². The van der Waals surface area contributed by atoms with Crippen LogP contribution in [-0.2, 0) is 4.74 Å². The molecule has 0 unspecified atom stereocenters. The van der Waals surface area contributed by atoms with E-state index in [1.807, 2.05) is 13.0 Å². The quantitative estimate of drug-likeness (QED) is 0.923. The van der Waals surface area contributed by atoms with E-state index in [1.54, 1.807) is 12.4 Å². The Morgan fingerprint density at radius 1 is 1.45 bits per heavy atom. The zero-order valence-electron chi connectivity index (χ0n) is 11.0. The van der Waals surface area contributed by atoms with Gasteiger partial charge in [0.25, 0.3) is 5.89 Å². The van der Waals surface area contributed by atoms with Crippen molar-refractivity contribution in [3.63, 3.8) is 0 Å². The molecule has 1 saturated heterocycles. The zero-order chi connectivity index (χ0) is 13.9. The lowest BCUT2D eigenvalue weighted by molar-refractivity contribution is 0.0650. The lowest BCUT2D eigenvalue weighted by Gasteiger charge is -2.16. The minimum Gasteiger partial charge on any atom is -0.383 e. The summed E-state index contributed by atoms with van der Waals surface area (Å²) in [5.41, 5.74) is 0.978. The fourth-order valence-electron chi connectivity index (χ4n) is 2.30. The molecule has 2 aromatic rings. The highest BCUT2D eigenvalue weighted by molar-refractivity contribution is 9.10. The van der Waals surface area contributed by atoms with Crippen molar-refractivity contribution in [2.45, 2.75) is 19.4 Å². The molecule has 3 rings (SSSR count). The van der Waals surface area contributed by atoms with Gasteiger partial charge in [-0.2, -0.15) is 4.98 Å². The molecule has 1 aliphatic rings. The Hall–Kier alpha value is -1.47. The van der Waals surface area contributed by atoms with E-state index >= 15 is 0 Å². The maximum atomic E-state index is 5.72. The first kappa shape index (κ1) is 13.5. The smallest absolute Gasteiger partial charge is 0.256 e. The van der Waals surface area contributed by atoms with E-state index in [0.29, 0.717) is 17.6 Å². The minimum absolute atomic E-state index is 0.121. The van der Waals surface area contributed by atoms with Crippen LogP contribution in [0.4, 0.5) is 5.69 Å². The number of aryl methyl sites for hydroxylation is 1. The summed E-state index contributed by atoms with van der Waals surface area (Å²) in [5.74, 6) is 1.52. The van der Waals surface area contributed by atoms with Crippen molar-refractivity contribution in [1.29, 1.82) is 0 Å². The van der Waals surface area contributed by atoms with Crippen LogP contribution in [0.3, 0.4) is 0 Å². The van der Waals surface area contributed by atoms with Crippen LogP contribution in [0, 0.1) is 12.8 Å². The van der Waals surface area contributed by atoms with Gasteiger partial charge in [0, 0.05) is 29.7 Å². The van der Waals surface area contributed by atoms with Crippen molar-refractivity contribution in [3.8, 4) is 0 Å². The lowest BCUT2D eigenvalue weighted by atomic mass is 10.0. The molecule has 0 spiro atoms. The number of aromatic nitrogens is 3. The van der Waals surface area contributed by atoms with Crippen LogP contribution in [0.25, 0.3) is 0 Å². The summed E-state index contributed by atoms with van der Waals surface area (Å²) in [6.07, 6.45) is 4.41. The number of hydrogen-bond acceptors (Lipinski definition) is 6. The number of nitrogens with one attached hydrogen (secondary N) is 1. The van der Waals surface area contributed by atoms with Crippen molar-refractivity contribution in [1.82, 2.24) is 15.1 Å². The third-order valence-corrected chi connectivity index (χ3v) is 3.71. The molecule has 7 heteroatoms. The van der Waals surface area contributed by atoms with E-state index in [0.717, 1.165) is 29.7 Å². The van der Waals surface area contributed by atoms with Gasteiger partial charge in [0.15, 0.2) is 5.82 Å². The minimum atomic E-state index is -0.121. The first-order chi connectivity index (χ1) is 9.72. The fraction of sp³-hybridized carbons (Fsp3) is 0.462. The number of halogens is 1. The van der Waals surface area contributed by atoms with E-state index in [4.69, 9.17) is 9.26 Å². The van der Waals surface area contributed by atoms with E-state index < -0.39 is 0 Å². The molecular weight excluding hydrogens is 324 g/mol. The molecule has 2 atom stereocenters. The second kappa shape index (κ2) is 5.88. The van der Waals surface area contributed by atoms with Crippen LogP contribution in [-0.4, -0.2) is 28.3 Å². The average molecular weight is 339 g/mol. The molecule has 1 aliphatic heterocycles. The van der Waals surface area contributed by atoms with E-state index in [2.05, 4.69) is 36.4 Å². The van der Waals surface area contributed by atoms with Crippen molar-refractivity contribution < 1.29 is 9.26 Å². The molecule has 0 radical (unpaired) electrons. The van der Waals surface area contributed by atoms with Crippen molar-refractivity contribution >= 4 is 21.6 Å². The molecular formula is C13H15BrN4O2.